The number of nitrogens with one attached hydrogen (secondary N) is 1. The van der Waals surface area contributed by atoms with Gasteiger partial charge in [-0.2, -0.15) is 0 Å². The van der Waals surface area contributed by atoms with Gasteiger partial charge in [0.25, 0.3) is 0 Å². The van der Waals surface area contributed by atoms with Gasteiger partial charge in [0.1, 0.15) is 5.54 Å². The van der Waals surface area contributed by atoms with Gasteiger partial charge in [0.05, 0.1) is 0 Å². The molecule has 1 saturated carbocycles. The predicted molar refractivity (Wildman–Crippen MR) is 85.2 cm³/mol. The number of amides is 1. The molecule has 0 spiro atoms. The molecule has 0 heterocycles. The summed E-state index contributed by atoms with van der Waals surface area (Å²) in [5.41, 5.74) is 5.26. The third kappa shape index (κ3) is 4.61. The summed E-state index contributed by atoms with van der Waals surface area (Å²) in [6.45, 7) is 6.39. The van der Waals surface area contributed by atoms with E-state index in [0.717, 1.165) is 51.4 Å². The van der Waals surface area contributed by atoms with Crippen LogP contribution in [0.15, 0.2) is 5.16 Å². The number of hydrogen-bond acceptors (Lipinski definition) is 3. The number of rotatable bonds is 7. The molecule has 5 nitrogen and oxygen atoms in total. The Morgan fingerprint density at radius 3 is 2.29 bits per heavy atom. The first-order valence-corrected chi connectivity index (χ1v) is 8.29. The Morgan fingerprint density at radius 2 is 1.86 bits per heavy atom. The molecule has 5 heteroatoms. The first-order valence-electron chi connectivity index (χ1n) is 8.29. The summed E-state index contributed by atoms with van der Waals surface area (Å²) in [6, 6.07) is 0. The average Bonchev–Trinajstić information content (AvgIpc) is 2.48. The molecule has 1 aliphatic rings. The number of nitrogens with zero attached hydrogens (tertiary/aromatic N) is 1. The van der Waals surface area contributed by atoms with Gasteiger partial charge in [-0.15, -0.1) is 0 Å². The van der Waals surface area contributed by atoms with E-state index in [-0.39, 0.29) is 17.7 Å². The Bertz CT molecular complexity index is 355. The molecule has 4 N–H and O–H groups in total. The highest BCUT2D eigenvalue weighted by atomic mass is 16.4. The summed E-state index contributed by atoms with van der Waals surface area (Å²) in [6.07, 6.45) is 7.25. The number of amidine groups is 1. The standard InChI is InChI=1S/C16H31N3O2/c1-4-6-13(7-5-2)14(20)18-16(15(17)19-21)10-8-12(3)9-11-16/h12-13,21H,4-11H2,1-3H3,(H2,17,19)(H,18,20). The molecular weight excluding hydrogens is 266 g/mol. The van der Waals surface area contributed by atoms with Crippen LogP contribution in [0.4, 0.5) is 0 Å². The van der Waals surface area contributed by atoms with Crippen molar-refractivity contribution in [2.45, 2.75) is 77.7 Å². The lowest BCUT2D eigenvalue weighted by Gasteiger charge is -2.39. The summed E-state index contributed by atoms with van der Waals surface area (Å²) in [7, 11) is 0. The first-order chi connectivity index (χ1) is 9.99. The van der Waals surface area contributed by atoms with Crippen molar-refractivity contribution in [3.63, 3.8) is 0 Å². The third-order valence-electron chi connectivity index (χ3n) is 4.73. The van der Waals surface area contributed by atoms with E-state index in [1.807, 2.05) is 0 Å². The van der Waals surface area contributed by atoms with Crippen LogP contribution < -0.4 is 11.1 Å². The molecule has 1 rings (SSSR count). The molecule has 0 aromatic carbocycles. The van der Waals surface area contributed by atoms with E-state index < -0.39 is 5.54 Å². The monoisotopic (exact) mass is 297 g/mol. The summed E-state index contributed by atoms with van der Waals surface area (Å²) in [5, 5.41) is 15.4. The Kier molecular flexibility index (Phi) is 6.99. The zero-order chi connectivity index (χ0) is 15.9. The second-order valence-corrected chi connectivity index (χ2v) is 6.51. The number of oxime groups is 1. The number of hydrogen-bond donors (Lipinski definition) is 3. The van der Waals surface area contributed by atoms with Crippen molar-refractivity contribution in [3.05, 3.63) is 0 Å². The largest absolute Gasteiger partial charge is 0.409 e. The molecule has 0 aromatic rings. The molecular formula is C16H31N3O2. The van der Waals surface area contributed by atoms with E-state index in [9.17, 15) is 4.79 Å². The molecule has 122 valence electrons. The van der Waals surface area contributed by atoms with Crippen LogP contribution in [0.2, 0.25) is 0 Å². The maximum atomic E-state index is 12.6. The molecule has 0 unspecified atom stereocenters. The van der Waals surface area contributed by atoms with Gasteiger partial charge < -0.3 is 16.3 Å². The Hall–Kier alpha value is -1.26. The topological polar surface area (TPSA) is 87.7 Å². The van der Waals surface area contributed by atoms with Crippen molar-refractivity contribution >= 4 is 11.7 Å². The molecule has 0 bridgehead atoms. The summed E-state index contributed by atoms with van der Waals surface area (Å²) >= 11 is 0. The van der Waals surface area contributed by atoms with E-state index in [1.54, 1.807) is 0 Å². The number of carbonyl (C=O) groups is 1. The highest BCUT2D eigenvalue weighted by Crippen LogP contribution is 2.32. The quantitative estimate of drug-likeness (QED) is 0.292. The molecule has 0 aromatic heterocycles. The van der Waals surface area contributed by atoms with E-state index in [1.165, 1.54) is 0 Å². The van der Waals surface area contributed by atoms with Gasteiger partial charge in [-0.3, -0.25) is 4.79 Å². The fraction of sp³-hybridized carbons (Fsp3) is 0.875. The smallest absolute Gasteiger partial charge is 0.223 e. The maximum absolute atomic E-state index is 12.6. The fourth-order valence-electron chi connectivity index (χ4n) is 3.24. The van der Waals surface area contributed by atoms with Crippen molar-refractivity contribution in [2.75, 3.05) is 0 Å². The molecule has 0 radical (unpaired) electrons. The summed E-state index contributed by atoms with van der Waals surface area (Å²) in [4.78, 5) is 12.6. The van der Waals surface area contributed by atoms with E-state index >= 15 is 0 Å². The number of nitrogens with two attached hydrogens (primary N) is 1. The summed E-state index contributed by atoms with van der Waals surface area (Å²) in [5.74, 6) is 0.862. The normalized spacial score (nSPS) is 26.9. The lowest BCUT2D eigenvalue weighted by molar-refractivity contribution is -0.127. The van der Waals surface area contributed by atoms with Crippen LogP contribution in [0.25, 0.3) is 0 Å². The van der Waals surface area contributed by atoms with Crippen molar-refractivity contribution in [2.24, 2.45) is 22.7 Å². The predicted octanol–water partition coefficient (Wildman–Crippen LogP) is 3.01. The lowest BCUT2D eigenvalue weighted by atomic mass is 9.76. The molecule has 0 saturated heterocycles. The van der Waals surface area contributed by atoms with Gasteiger partial charge in [-0.25, -0.2) is 0 Å². The average molecular weight is 297 g/mol. The Balaban J connectivity index is 2.83. The highest BCUT2D eigenvalue weighted by molar-refractivity contribution is 5.94. The van der Waals surface area contributed by atoms with Crippen LogP contribution in [0.1, 0.15) is 72.1 Å². The van der Waals surface area contributed by atoms with Crippen molar-refractivity contribution in [3.8, 4) is 0 Å². The Morgan fingerprint density at radius 1 is 1.33 bits per heavy atom. The summed E-state index contributed by atoms with van der Waals surface area (Å²) < 4.78 is 0. The van der Waals surface area contributed by atoms with Crippen LogP contribution in [-0.2, 0) is 4.79 Å². The number of carbonyl (C=O) groups excluding carboxylic acids is 1. The SMILES string of the molecule is CCCC(CCC)C(=O)NC1(C(N)=NO)CCC(C)CC1. The third-order valence-corrected chi connectivity index (χ3v) is 4.73. The van der Waals surface area contributed by atoms with Crippen LogP contribution >= 0.6 is 0 Å². The van der Waals surface area contributed by atoms with Gasteiger partial charge in [0.15, 0.2) is 5.84 Å². The fourth-order valence-corrected chi connectivity index (χ4v) is 3.24. The molecule has 1 amide bonds. The zero-order valence-electron chi connectivity index (χ0n) is 13.7. The van der Waals surface area contributed by atoms with Crippen molar-refractivity contribution in [1.82, 2.24) is 5.32 Å². The molecule has 1 fully saturated rings. The maximum Gasteiger partial charge on any atom is 0.223 e. The minimum Gasteiger partial charge on any atom is -0.409 e. The van der Waals surface area contributed by atoms with Gasteiger partial charge in [-0.05, 0) is 44.4 Å². The second-order valence-electron chi connectivity index (χ2n) is 6.51. The highest BCUT2D eigenvalue weighted by Gasteiger charge is 2.40. The van der Waals surface area contributed by atoms with Gasteiger partial charge in [-0.1, -0.05) is 38.8 Å². The van der Waals surface area contributed by atoms with Gasteiger partial charge >= 0.3 is 0 Å². The second kappa shape index (κ2) is 8.25. The van der Waals surface area contributed by atoms with Gasteiger partial charge in [0.2, 0.25) is 5.91 Å². The van der Waals surface area contributed by atoms with Crippen molar-refractivity contribution in [1.29, 1.82) is 0 Å². The minimum absolute atomic E-state index is 0.0303. The molecule has 1 aliphatic carbocycles. The van der Waals surface area contributed by atoms with Crippen molar-refractivity contribution < 1.29 is 10.0 Å². The van der Waals surface area contributed by atoms with E-state index in [4.69, 9.17) is 10.9 Å². The van der Waals surface area contributed by atoms with Crippen LogP contribution in [0, 0.1) is 11.8 Å². The minimum atomic E-state index is -0.655. The molecule has 0 aliphatic heterocycles. The Labute approximate surface area is 128 Å². The van der Waals surface area contributed by atoms with E-state index in [2.05, 4.69) is 31.2 Å². The van der Waals surface area contributed by atoms with Crippen LogP contribution in [0.3, 0.4) is 0 Å². The van der Waals surface area contributed by atoms with Crippen LogP contribution in [0.5, 0.6) is 0 Å². The molecule has 0 atom stereocenters. The first kappa shape index (κ1) is 17.8. The molecule has 21 heavy (non-hydrogen) atoms. The van der Waals surface area contributed by atoms with Crippen LogP contribution in [-0.4, -0.2) is 22.5 Å². The zero-order valence-corrected chi connectivity index (χ0v) is 13.7. The van der Waals surface area contributed by atoms with E-state index in [0.29, 0.717) is 5.92 Å². The lowest BCUT2D eigenvalue weighted by Crippen LogP contribution is -2.60. The van der Waals surface area contributed by atoms with Gasteiger partial charge in [0, 0.05) is 5.92 Å².